The maximum Gasteiger partial charge on any atom is 0.275 e. The summed E-state index contributed by atoms with van der Waals surface area (Å²) in [6, 6.07) is 10.5. The lowest BCUT2D eigenvalue weighted by atomic mass is 10.2. The minimum atomic E-state index is -0.389. The molecule has 1 aromatic carbocycles. The molecule has 120 valence electrons. The van der Waals surface area contributed by atoms with Crippen molar-refractivity contribution in [1.29, 1.82) is 0 Å². The molecule has 0 saturated heterocycles. The van der Waals surface area contributed by atoms with Crippen LogP contribution in [0.4, 0.5) is 11.4 Å². The van der Waals surface area contributed by atoms with Gasteiger partial charge in [0.2, 0.25) is 0 Å². The highest BCUT2D eigenvalue weighted by Gasteiger charge is 2.13. The van der Waals surface area contributed by atoms with Crippen LogP contribution in [0.3, 0.4) is 0 Å². The molecule has 0 unspecified atom stereocenters. The van der Waals surface area contributed by atoms with E-state index in [0.29, 0.717) is 16.3 Å². The number of para-hydroxylation sites is 2. The number of nitrogens with zero attached hydrogens (tertiary/aromatic N) is 2. The van der Waals surface area contributed by atoms with Crippen LogP contribution in [0.1, 0.15) is 25.9 Å². The number of carbonyl (C=O) groups excluding carboxylic acids is 2. The number of aromatic nitrogens is 2. The van der Waals surface area contributed by atoms with Gasteiger partial charge in [0, 0.05) is 6.20 Å². The summed E-state index contributed by atoms with van der Waals surface area (Å²) < 4.78 is 0. The van der Waals surface area contributed by atoms with Gasteiger partial charge in [0.15, 0.2) is 0 Å². The number of carbonyl (C=O) groups is 2. The van der Waals surface area contributed by atoms with Gasteiger partial charge in [-0.1, -0.05) is 18.2 Å². The highest BCUT2D eigenvalue weighted by Crippen LogP contribution is 2.23. The monoisotopic (exact) mass is 338 g/mol. The van der Waals surface area contributed by atoms with Crippen molar-refractivity contribution < 1.29 is 9.59 Å². The molecule has 0 bridgehead atoms. The van der Waals surface area contributed by atoms with E-state index in [1.54, 1.807) is 37.3 Å². The van der Waals surface area contributed by atoms with Gasteiger partial charge in [-0.05, 0) is 30.5 Å². The van der Waals surface area contributed by atoms with E-state index in [-0.39, 0.29) is 17.5 Å². The zero-order chi connectivity index (χ0) is 16.9. The Labute approximate surface area is 142 Å². The molecule has 6 nitrogen and oxygen atoms in total. The van der Waals surface area contributed by atoms with E-state index < -0.39 is 0 Å². The number of aryl methyl sites for hydroxylation is 1. The van der Waals surface area contributed by atoms with Crippen LogP contribution in [0.2, 0.25) is 0 Å². The highest BCUT2D eigenvalue weighted by atomic mass is 32.1. The van der Waals surface area contributed by atoms with E-state index in [1.807, 2.05) is 11.4 Å². The van der Waals surface area contributed by atoms with Gasteiger partial charge in [0.25, 0.3) is 11.8 Å². The minimum Gasteiger partial charge on any atom is -0.319 e. The molecule has 2 heterocycles. The van der Waals surface area contributed by atoms with Gasteiger partial charge in [-0.2, -0.15) is 0 Å². The van der Waals surface area contributed by atoms with Crippen molar-refractivity contribution >= 4 is 34.5 Å². The Morgan fingerprint density at radius 3 is 2.21 bits per heavy atom. The molecule has 2 N–H and O–H groups in total. The van der Waals surface area contributed by atoms with Crippen molar-refractivity contribution in [2.75, 3.05) is 10.6 Å². The summed E-state index contributed by atoms with van der Waals surface area (Å²) in [5.74, 6) is -0.609. The zero-order valence-electron chi connectivity index (χ0n) is 12.8. The van der Waals surface area contributed by atoms with E-state index >= 15 is 0 Å². The predicted molar refractivity (Wildman–Crippen MR) is 93.4 cm³/mol. The van der Waals surface area contributed by atoms with Crippen LogP contribution >= 0.6 is 11.3 Å². The molecule has 0 spiro atoms. The second-order valence-corrected chi connectivity index (χ2v) is 5.92. The third kappa shape index (κ3) is 3.64. The van der Waals surface area contributed by atoms with E-state index in [9.17, 15) is 9.59 Å². The van der Waals surface area contributed by atoms with Gasteiger partial charge >= 0.3 is 0 Å². The number of hydrogen-bond donors (Lipinski definition) is 2. The van der Waals surface area contributed by atoms with Crippen molar-refractivity contribution in [1.82, 2.24) is 9.97 Å². The lowest BCUT2D eigenvalue weighted by Crippen LogP contribution is -2.17. The Hall–Kier alpha value is -3.06. The molecule has 0 aliphatic heterocycles. The summed E-state index contributed by atoms with van der Waals surface area (Å²) in [6.07, 6.45) is 2.94. The number of nitrogens with one attached hydrogen (secondary N) is 2. The van der Waals surface area contributed by atoms with Crippen molar-refractivity contribution in [3.63, 3.8) is 0 Å². The predicted octanol–water partition coefficient (Wildman–Crippen LogP) is 3.35. The summed E-state index contributed by atoms with van der Waals surface area (Å²) in [5.41, 5.74) is 1.95. The fourth-order valence-corrected chi connectivity index (χ4v) is 2.61. The van der Waals surface area contributed by atoms with Gasteiger partial charge < -0.3 is 10.6 Å². The van der Waals surface area contributed by atoms with Crippen molar-refractivity contribution in [3.8, 4) is 0 Å². The summed E-state index contributed by atoms with van der Waals surface area (Å²) in [6.45, 7) is 1.80. The third-order valence-corrected chi connectivity index (χ3v) is 4.05. The van der Waals surface area contributed by atoms with Crippen molar-refractivity contribution in [2.45, 2.75) is 6.92 Å². The number of benzene rings is 1. The first kappa shape index (κ1) is 15.8. The number of thiophene rings is 1. The topological polar surface area (TPSA) is 84.0 Å². The first-order valence-corrected chi connectivity index (χ1v) is 8.05. The van der Waals surface area contributed by atoms with Gasteiger partial charge in [0.1, 0.15) is 5.69 Å². The average molecular weight is 338 g/mol. The maximum absolute atomic E-state index is 12.3. The summed E-state index contributed by atoms with van der Waals surface area (Å²) >= 11 is 1.35. The normalized spacial score (nSPS) is 10.2. The van der Waals surface area contributed by atoms with Crippen molar-refractivity contribution in [3.05, 3.63) is 70.4 Å². The third-order valence-electron chi connectivity index (χ3n) is 3.18. The highest BCUT2D eigenvalue weighted by molar-refractivity contribution is 7.12. The number of hydrogen-bond acceptors (Lipinski definition) is 5. The molecule has 0 fully saturated rings. The largest absolute Gasteiger partial charge is 0.319 e. The standard InChI is InChI=1S/C17H14N4O2S/c1-11-9-19-14(10-18-11)16(22)20-12-5-2-3-6-13(12)21-17(23)15-7-4-8-24-15/h2-10H,1H3,(H,20,22)(H,21,23). The molecule has 3 rings (SSSR count). The maximum atomic E-state index is 12.3. The first-order chi connectivity index (χ1) is 11.6. The Bertz CT molecular complexity index is 861. The molecule has 0 radical (unpaired) electrons. The van der Waals surface area contributed by atoms with Crippen LogP contribution in [0, 0.1) is 6.92 Å². The van der Waals surface area contributed by atoms with E-state index in [0.717, 1.165) is 5.69 Å². The smallest absolute Gasteiger partial charge is 0.275 e. The Balaban J connectivity index is 1.77. The molecule has 0 saturated carbocycles. The van der Waals surface area contributed by atoms with E-state index in [1.165, 1.54) is 23.7 Å². The van der Waals surface area contributed by atoms with E-state index in [2.05, 4.69) is 20.6 Å². The van der Waals surface area contributed by atoms with Gasteiger partial charge in [-0.25, -0.2) is 4.98 Å². The molecule has 7 heteroatoms. The second kappa shape index (κ2) is 7.01. The lowest BCUT2D eigenvalue weighted by Gasteiger charge is -2.11. The van der Waals surface area contributed by atoms with E-state index in [4.69, 9.17) is 0 Å². The van der Waals surface area contributed by atoms with Gasteiger partial charge in [0.05, 0.1) is 28.1 Å². The number of amides is 2. The second-order valence-electron chi connectivity index (χ2n) is 4.97. The fourth-order valence-electron chi connectivity index (χ4n) is 1.99. The van der Waals surface area contributed by atoms with Crippen molar-refractivity contribution in [2.24, 2.45) is 0 Å². The molecular formula is C17H14N4O2S. The van der Waals surface area contributed by atoms with Crippen LogP contribution in [-0.4, -0.2) is 21.8 Å². The van der Waals surface area contributed by atoms with Gasteiger partial charge in [-0.3, -0.25) is 14.6 Å². The average Bonchev–Trinajstić information content (AvgIpc) is 3.12. The summed E-state index contributed by atoms with van der Waals surface area (Å²) in [5, 5.41) is 7.38. The number of rotatable bonds is 4. The number of anilines is 2. The molecule has 0 atom stereocenters. The molecule has 0 aliphatic rings. The van der Waals surface area contributed by atoms with Crippen LogP contribution in [-0.2, 0) is 0 Å². The van der Waals surface area contributed by atoms with Crippen LogP contribution in [0.15, 0.2) is 54.2 Å². The Morgan fingerprint density at radius 1 is 0.917 bits per heavy atom. The lowest BCUT2D eigenvalue weighted by molar-refractivity contribution is 0.101. The fraction of sp³-hybridized carbons (Fsp3) is 0.0588. The molecular weight excluding hydrogens is 324 g/mol. The SMILES string of the molecule is Cc1cnc(C(=O)Nc2ccccc2NC(=O)c2cccs2)cn1. The molecule has 3 aromatic rings. The molecule has 2 aromatic heterocycles. The zero-order valence-corrected chi connectivity index (χ0v) is 13.6. The molecule has 0 aliphatic carbocycles. The molecule has 24 heavy (non-hydrogen) atoms. The van der Waals surface area contributed by atoms with Gasteiger partial charge in [-0.15, -0.1) is 11.3 Å². The Morgan fingerprint density at radius 2 is 1.62 bits per heavy atom. The Kier molecular flexibility index (Phi) is 4.62. The van der Waals surface area contributed by atoms with Crippen LogP contribution < -0.4 is 10.6 Å². The first-order valence-electron chi connectivity index (χ1n) is 7.17. The minimum absolute atomic E-state index is 0.208. The quantitative estimate of drug-likeness (QED) is 0.764. The molecule has 2 amide bonds. The summed E-state index contributed by atoms with van der Waals surface area (Å²) in [4.78, 5) is 33.2. The summed E-state index contributed by atoms with van der Waals surface area (Å²) in [7, 11) is 0. The van der Waals surface area contributed by atoms with Crippen LogP contribution in [0.5, 0.6) is 0 Å². The van der Waals surface area contributed by atoms with Crippen LogP contribution in [0.25, 0.3) is 0 Å².